The number of rotatable bonds is 5. The first-order valence-electron chi connectivity index (χ1n) is 7.48. The fraction of sp³-hybridized carbons (Fsp3) is 0.643. The van der Waals surface area contributed by atoms with E-state index in [-0.39, 0.29) is 0 Å². The normalized spacial score (nSPS) is 18.0. The smallest absolute Gasteiger partial charge is 0.349 e. The van der Waals surface area contributed by atoms with Gasteiger partial charge in [0.2, 0.25) is 0 Å². The summed E-state index contributed by atoms with van der Waals surface area (Å²) in [6.45, 7) is 3.65. The number of aromatic nitrogens is 1. The lowest BCUT2D eigenvalue weighted by Crippen LogP contribution is -2.57. The van der Waals surface area contributed by atoms with Crippen LogP contribution in [0.25, 0.3) is 0 Å². The molecule has 2 heterocycles. The monoisotopic (exact) mass is 396 g/mol. The highest BCUT2D eigenvalue weighted by Gasteiger charge is 2.43. The number of hydrogen-bond acceptors (Lipinski definition) is 3. The number of halogens is 4. The van der Waals surface area contributed by atoms with E-state index in [9.17, 15) is 18.0 Å². The zero-order valence-electron chi connectivity index (χ0n) is 12.8. The summed E-state index contributed by atoms with van der Waals surface area (Å²) in [6.07, 6.45) is -2.65. The van der Waals surface area contributed by atoms with Gasteiger partial charge in [0.25, 0.3) is 5.91 Å². The molecule has 0 saturated carbocycles. The number of nitrogens with one attached hydrogen (secondary N) is 2. The Balaban J connectivity index is 2.04. The van der Waals surface area contributed by atoms with Crippen molar-refractivity contribution >= 4 is 21.8 Å². The van der Waals surface area contributed by atoms with Gasteiger partial charge >= 0.3 is 6.18 Å². The van der Waals surface area contributed by atoms with E-state index >= 15 is 0 Å². The summed E-state index contributed by atoms with van der Waals surface area (Å²) < 4.78 is 42.3. The highest BCUT2D eigenvalue weighted by molar-refractivity contribution is 9.10. The highest BCUT2D eigenvalue weighted by atomic mass is 79.9. The number of alkyl halides is 3. The largest absolute Gasteiger partial charge is 0.405 e. The summed E-state index contributed by atoms with van der Waals surface area (Å²) in [5.41, 5.74) is 0.348. The number of amides is 1. The molecule has 1 aromatic rings. The minimum absolute atomic E-state index is 0.316. The number of aryl methyl sites for hydroxylation is 1. The Morgan fingerprint density at radius 2 is 2.09 bits per heavy atom. The third-order valence-electron chi connectivity index (χ3n) is 3.86. The molecule has 1 fully saturated rings. The Morgan fingerprint density at radius 3 is 2.65 bits per heavy atom. The molecule has 2 rings (SSSR count). The fourth-order valence-corrected chi connectivity index (χ4v) is 3.12. The molecule has 130 valence electrons. The molecule has 1 aliphatic rings. The van der Waals surface area contributed by atoms with Crippen LogP contribution < -0.4 is 10.6 Å². The first-order valence-corrected chi connectivity index (χ1v) is 8.27. The van der Waals surface area contributed by atoms with Crippen molar-refractivity contribution in [1.29, 1.82) is 0 Å². The second-order valence-corrected chi connectivity index (χ2v) is 6.30. The van der Waals surface area contributed by atoms with Crippen LogP contribution in [0.3, 0.4) is 0 Å². The van der Waals surface area contributed by atoms with Crippen molar-refractivity contribution in [2.75, 3.05) is 32.7 Å². The summed E-state index contributed by atoms with van der Waals surface area (Å²) in [5, 5.41) is 5.45. The van der Waals surface area contributed by atoms with E-state index in [0.717, 1.165) is 4.47 Å². The lowest BCUT2D eigenvalue weighted by atomic mass is 10.2. The van der Waals surface area contributed by atoms with Gasteiger partial charge in [0.05, 0.1) is 0 Å². The summed E-state index contributed by atoms with van der Waals surface area (Å²) in [7, 11) is 0. The standard InChI is InChI=1S/C14H20BrF3N4O/c1-2-21-9-10(15)7-11(21)13(23)20-8-12(14(16,17)18)22-5-3-19-4-6-22/h7,9,12,19H,2-6,8H2,1H3,(H,20,23). The van der Waals surface area contributed by atoms with Crippen molar-refractivity contribution in [2.24, 2.45) is 0 Å². The van der Waals surface area contributed by atoms with Gasteiger partial charge in [-0.15, -0.1) is 0 Å². The molecular weight excluding hydrogens is 377 g/mol. The maximum atomic E-state index is 13.3. The van der Waals surface area contributed by atoms with Gasteiger partial charge in [-0.1, -0.05) is 0 Å². The molecule has 1 saturated heterocycles. The Labute approximate surface area is 141 Å². The van der Waals surface area contributed by atoms with Crippen LogP contribution in [0, 0.1) is 0 Å². The van der Waals surface area contributed by atoms with Crippen LogP contribution in [0.2, 0.25) is 0 Å². The average Bonchev–Trinajstić information content (AvgIpc) is 2.88. The van der Waals surface area contributed by atoms with Crippen molar-refractivity contribution in [1.82, 2.24) is 20.1 Å². The molecule has 1 amide bonds. The Bertz CT molecular complexity index is 541. The lowest BCUT2D eigenvalue weighted by molar-refractivity contribution is -0.183. The molecule has 23 heavy (non-hydrogen) atoms. The third kappa shape index (κ3) is 4.71. The zero-order chi connectivity index (χ0) is 17.0. The van der Waals surface area contributed by atoms with Crippen LogP contribution in [-0.4, -0.2) is 60.3 Å². The number of carbonyl (C=O) groups excluding carboxylic acids is 1. The van der Waals surface area contributed by atoms with Crippen molar-refractivity contribution < 1.29 is 18.0 Å². The highest BCUT2D eigenvalue weighted by Crippen LogP contribution is 2.25. The Hall–Kier alpha value is -1.06. The van der Waals surface area contributed by atoms with Crippen LogP contribution in [0.15, 0.2) is 16.7 Å². The quantitative estimate of drug-likeness (QED) is 0.798. The molecule has 0 radical (unpaired) electrons. The van der Waals surface area contributed by atoms with Crippen molar-refractivity contribution in [3.05, 3.63) is 22.4 Å². The van der Waals surface area contributed by atoms with E-state index in [1.807, 2.05) is 6.92 Å². The first-order chi connectivity index (χ1) is 10.8. The molecule has 1 unspecified atom stereocenters. The molecule has 1 atom stereocenters. The van der Waals surface area contributed by atoms with E-state index < -0.39 is 24.7 Å². The molecule has 2 N–H and O–H groups in total. The zero-order valence-corrected chi connectivity index (χ0v) is 14.4. The SMILES string of the molecule is CCn1cc(Br)cc1C(=O)NCC(N1CCNCC1)C(F)(F)F. The Kier molecular flexibility index (Phi) is 6.10. The van der Waals surface area contributed by atoms with Crippen LogP contribution in [-0.2, 0) is 6.54 Å². The molecule has 0 aromatic carbocycles. The van der Waals surface area contributed by atoms with Crippen molar-refractivity contribution in [3.8, 4) is 0 Å². The van der Waals surface area contributed by atoms with Gasteiger partial charge in [0.15, 0.2) is 0 Å². The number of piperazine rings is 1. The second kappa shape index (κ2) is 7.67. The molecule has 0 aliphatic carbocycles. The van der Waals surface area contributed by atoms with E-state index in [0.29, 0.717) is 38.4 Å². The van der Waals surface area contributed by atoms with Crippen molar-refractivity contribution in [2.45, 2.75) is 25.7 Å². The fourth-order valence-electron chi connectivity index (χ4n) is 2.65. The molecule has 1 aromatic heterocycles. The van der Waals surface area contributed by atoms with Gasteiger partial charge in [-0.2, -0.15) is 13.2 Å². The molecular formula is C14H20BrF3N4O. The van der Waals surface area contributed by atoms with E-state index in [4.69, 9.17) is 0 Å². The molecule has 1 aliphatic heterocycles. The Morgan fingerprint density at radius 1 is 1.43 bits per heavy atom. The van der Waals surface area contributed by atoms with Gasteiger partial charge < -0.3 is 15.2 Å². The van der Waals surface area contributed by atoms with Crippen LogP contribution >= 0.6 is 15.9 Å². The number of nitrogens with zero attached hydrogens (tertiary/aromatic N) is 2. The second-order valence-electron chi connectivity index (χ2n) is 5.38. The molecule has 9 heteroatoms. The average molecular weight is 397 g/mol. The van der Waals surface area contributed by atoms with Gasteiger partial charge in [0.1, 0.15) is 11.7 Å². The predicted octanol–water partition coefficient (Wildman–Crippen LogP) is 1.84. The summed E-state index contributed by atoms with van der Waals surface area (Å²) >= 11 is 3.27. The predicted molar refractivity (Wildman–Crippen MR) is 84.4 cm³/mol. The van der Waals surface area contributed by atoms with Gasteiger partial charge in [-0.3, -0.25) is 9.69 Å². The number of carbonyl (C=O) groups is 1. The maximum absolute atomic E-state index is 13.3. The lowest BCUT2D eigenvalue weighted by Gasteiger charge is -2.35. The van der Waals surface area contributed by atoms with E-state index in [1.165, 1.54) is 4.90 Å². The van der Waals surface area contributed by atoms with Crippen LogP contribution in [0.4, 0.5) is 13.2 Å². The minimum atomic E-state index is -4.38. The van der Waals surface area contributed by atoms with Crippen molar-refractivity contribution in [3.63, 3.8) is 0 Å². The summed E-state index contributed by atoms with van der Waals surface area (Å²) in [5.74, 6) is -0.498. The summed E-state index contributed by atoms with van der Waals surface area (Å²) in [4.78, 5) is 13.6. The van der Waals surface area contributed by atoms with Gasteiger partial charge in [-0.25, -0.2) is 0 Å². The topological polar surface area (TPSA) is 49.3 Å². The van der Waals surface area contributed by atoms with E-state index in [1.54, 1.807) is 16.8 Å². The molecule has 0 bridgehead atoms. The molecule has 0 spiro atoms. The third-order valence-corrected chi connectivity index (χ3v) is 4.30. The molecule has 5 nitrogen and oxygen atoms in total. The van der Waals surface area contributed by atoms with Gasteiger partial charge in [0, 0.05) is 49.9 Å². The van der Waals surface area contributed by atoms with Gasteiger partial charge in [-0.05, 0) is 28.9 Å². The minimum Gasteiger partial charge on any atom is -0.349 e. The first kappa shape index (κ1) is 18.3. The van der Waals surface area contributed by atoms with Crippen LogP contribution in [0.5, 0.6) is 0 Å². The number of hydrogen-bond donors (Lipinski definition) is 2. The maximum Gasteiger partial charge on any atom is 0.405 e. The van der Waals surface area contributed by atoms with Crippen LogP contribution in [0.1, 0.15) is 17.4 Å². The summed E-state index contributed by atoms with van der Waals surface area (Å²) in [6, 6.07) is -0.0614. The van der Waals surface area contributed by atoms with E-state index in [2.05, 4.69) is 26.6 Å².